The van der Waals surface area contributed by atoms with Crippen LogP contribution in [0.4, 0.5) is 5.69 Å². The Labute approximate surface area is 218 Å². The van der Waals surface area contributed by atoms with E-state index in [0.29, 0.717) is 32.9 Å². The highest BCUT2D eigenvalue weighted by molar-refractivity contribution is 6.53. The van der Waals surface area contributed by atoms with Gasteiger partial charge in [-0.3, -0.25) is 9.59 Å². The van der Waals surface area contributed by atoms with Gasteiger partial charge in [-0.25, -0.2) is 0 Å². The van der Waals surface area contributed by atoms with Gasteiger partial charge in [-0.05, 0) is 75.4 Å². The zero-order chi connectivity index (χ0) is 24.3. The smallest absolute Gasteiger partial charge is 0.252 e. The molecule has 0 spiro atoms. The molecule has 1 aliphatic rings. The predicted molar refractivity (Wildman–Crippen MR) is 137 cm³/mol. The highest BCUT2D eigenvalue weighted by Gasteiger charge is 2.67. The molecule has 0 aliphatic heterocycles. The summed E-state index contributed by atoms with van der Waals surface area (Å²) in [5, 5.41) is 6.80. The molecule has 178 valence electrons. The summed E-state index contributed by atoms with van der Waals surface area (Å²) in [7, 11) is 4.01. The number of anilines is 1. The summed E-state index contributed by atoms with van der Waals surface area (Å²) in [5.41, 5.74) is 1.38. The van der Waals surface area contributed by atoms with Crippen LogP contribution in [0.1, 0.15) is 34.7 Å². The van der Waals surface area contributed by atoms with Crippen molar-refractivity contribution < 1.29 is 9.59 Å². The molecule has 1 saturated carbocycles. The van der Waals surface area contributed by atoms with Crippen LogP contribution in [0.5, 0.6) is 0 Å². The van der Waals surface area contributed by atoms with Crippen LogP contribution >= 0.6 is 58.0 Å². The minimum Gasteiger partial charge on any atom is -0.352 e. The molecule has 0 heterocycles. The monoisotopic (exact) mass is 549 g/mol. The Morgan fingerprint density at radius 2 is 1.67 bits per heavy atom. The van der Waals surface area contributed by atoms with Crippen molar-refractivity contribution in [2.75, 3.05) is 32.5 Å². The fraction of sp³-hybridized carbons (Fsp3) is 0.391. The Hall–Kier alpha value is -1.21. The highest BCUT2D eigenvalue weighted by atomic mass is 35.5. The van der Waals surface area contributed by atoms with Crippen molar-refractivity contribution in [3.8, 4) is 0 Å². The van der Waals surface area contributed by atoms with E-state index in [9.17, 15) is 9.59 Å². The number of nitrogens with one attached hydrogen (secondary N) is 2. The maximum Gasteiger partial charge on any atom is 0.252 e. The van der Waals surface area contributed by atoms with Gasteiger partial charge in [0.15, 0.2) is 0 Å². The Morgan fingerprint density at radius 1 is 1.00 bits per heavy atom. The normalized spacial score (nSPS) is 18.8. The molecule has 0 unspecified atom stereocenters. The van der Waals surface area contributed by atoms with Gasteiger partial charge in [0.1, 0.15) is 4.33 Å². The largest absolute Gasteiger partial charge is 0.352 e. The van der Waals surface area contributed by atoms with Crippen molar-refractivity contribution in [3.05, 3.63) is 62.6 Å². The lowest BCUT2D eigenvalue weighted by atomic mass is 10.1. The minimum atomic E-state index is -1.29. The highest BCUT2D eigenvalue weighted by Crippen LogP contribution is 2.65. The van der Waals surface area contributed by atoms with E-state index >= 15 is 0 Å². The third-order valence-corrected chi connectivity index (χ3v) is 7.08. The first kappa shape index (κ1) is 26.4. The van der Waals surface area contributed by atoms with Crippen LogP contribution in [0, 0.1) is 5.92 Å². The third-order valence-electron chi connectivity index (χ3n) is 5.38. The fourth-order valence-corrected chi connectivity index (χ4v) is 5.24. The summed E-state index contributed by atoms with van der Waals surface area (Å²) in [6.45, 7) is 1.48. The predicted octanol–water partition coefficient (Wildman–Crippen LogP) is 6.24. The molecule has 2 amide bonds. The Bertz CT molecular complexity index is 1020. The molecule has 0 bridgehead atoms. The molecule has 2 atom stereocenters. The molecule has 2 aromatic rings. The summed E-state index contributed by atoms with van der Waals surface area (Å²) < 4.78 is -1.29. The number of benzene rings is 2. The summed E-state index contributed by atoms with van der Waals surface area (Å²) in [5.74, 6) is -1.85. The third kappa shape index (κ3) is 6.68. The van der Waals surface area contributed by atoms with E-state index in [2.05, 4.69) is 15.5 Å². The van der Waals surface area contributed by atoms with Crippen LogP contribution in [0.3, 0.4) is 0 Å². The second-order valence-electron chi connectivity index (χ2n) is 8.28. The topological polar surface area (TPSA) is 61.4 Å². The van der Waals surface area contributed by atoms with Gasteiger partial charge in [-0.15, -0.1) is 23.2 Å². The number of nitrogens with zero attached hydrogens (tertiary/aromatic N) is 1. The van der Waals surface area contributed by atoms with Gasteiger partial charge in [-0.2, -0.15) is 0 Å². The number of halogens is 5. The standard InChI is InChI=1S/C23H24Cl5N3O2/c1-31(2)8-4-3-7-29-21(32)17-12-16(5-6-18(17)26)30-22(33)20-19(23(20,27)28)13-9-14(24)11-15(25)10-13/h5-6,9-12,19-20H,3-4,7-8H2,1-2H3,(H,29,32)(H,30,33)/t19-,20+/m0/s1. The van der Waals surface area contributed by atoms with Crippen LogP contribution < -0.4 is 10.6 Å². The molecule has 0 saturated heterocycles. The molecule has 33 heavy (non-hydrogen) atoms. The van der Waals surface area contributed by atoms with Crippen molar-refractivity contribution in [3.63, 3.8) is 0 Å². The van der Waals surface area contributed by atoms with E-state index in [4.69, 9.17) is 58.0 Å². The summed E-state index contributed by atoms with van der Waals surface area (Å²) in [6, 6.07) is 9.69. The number of carbonyl (C=O) groups is 2. The van der Waals surface area contributed by atoms with E-state index in [-0.39, 0.29) is 17.4 Å². The van der Waals surface area contributed by atoms with E-state index in [1.807, 2.05) is 14.1 Å². The number of carbonyl (C=O) groups excluding carboxylic acids is 2. The Morgan fingerprint density at radius 3 is 2.30 bits per heavy atom. The van der Waals surface area contributed by atoms with Crippen molar-refractivity contribution in [1.82, 2.24) is 10.2 Å². The molecular weight excluding hydrogens is 528 g/mol. The number of unbranched alkanes of at least 4 members (excludes halogenated alkanes) is 1. The first-order valence-corrected chi connectivity index (χ1v) is 12.3. The van der Waals surface area contributed by atoms with Gasteiger partial charge in [0.05, 0.1) is 16.5 Å². The lowest BCUT2D eigenvalue weighted by Crippen LogP contribution is -2.26. The number of hydrogen-bond donors (Lipinski definition) is 2. The van der Waals surface area contributed by atoms with Crippen LogP contribution in [0.25, 0.3) is 0 Å². The Kier molecular flexibility index (Phi) is 8.82. The number of hydrogen-bond acceptors (Lipinski definition) is 3. The molecular formula is C23H24Cl5N3O2. The second kappa shape index (κ2) is 11.0. The minimum absolute atomic E-state index is 0.277. The first-order chi connectivity index (χ1) is 15.5. The lowest BCUT2D eigenvalue weighted by Gasteiger charge is -2.11. The second-order valence-corrected chi connectivity index (χ2v) is 11.0. The quantitative estimate of drug-likeness (QED) is 0.286. The maximum absolute atomic E-state index is 12.9. The SMILES string of the molecule is CN(C)CCCCNC(=O)c1cc(NC(=O)[C@H]2[C@H](c3cc(Cl)cc(Cl)c3)C2(Cl)Cl)ccc1Cl. The first-order valence-electron chi connectivity index (χ1n) is 10.4. The zero-order valence-electron chi connectivity index (χ0n) is 18.1. The van der Waals surface area contributed by atoms with Gasteiger partial charge < -0.3 is 15.5 Å². The summed E-state index contributed by atoms with van der Waals surface area (Å²) in [6.07, 6.45) is 1.82. The van der Waals surface area contributed by atoms with Gasteiger partial charge in [0.25, 0.3) is 5.91 Å². The zero-order valence-corrected chi connectivity index (χ0v) is 21.9. The van der Waals surface area contributed by atoms with Crippen molar-refractivity contribution >= 4 is 75.5 Å². The van der Waals surface area contributed by atoms with E-state index in [0.717, 1.165) is 19.4 Å². The van der Waals surface area contributed by atoms with Crippen molar-refractivity contribution in [1.29, 1.82) is 0 Å². The van der Waals surface area contributed by atoms with Crippen LogP contribution in [-0.4, -0.2) is 48.2 Å². The molecule has 1 aliphatic carbocycles. The fourth-order valence-electron chi connectivity index (χ4n) is 3.67. The van der Waals surface area contributed by atoms with Crippen molar-refractivity contribution in [2.24, 2.45) is 5.92 Å². The molecule has 0 aromatic heterocycles. The average Bonchev–Trinajstić information content (AvgIpc) is 3.30. The van der Waals surface area contributed by atoms with E-state index in [1.165, 1.54) is 6.07 Å². The molecule has 5 nitrogen and oxygen atoms in total. The molecule has 10 heteroatoms. The number of amides is 2. The number of alkyl halides is 2. The molecule has 2 N–H and O–H groups in total. The van der Waals surface area contributed by atoms with Crippen LogP contribution in [-0.2, 0) is 4.79 Å². The van der Waals surface area contributed by atoms with E-state index < -0.39 is 16.2 Å². The molecule has 2 aromatic carbocycles. The number of rotatable bonds is 9. The summed E-state index contributed by atoms with van der Waals surface area (Å²) in [4.78, 5) is 27.6. The Balaban J connectivity index is 1.65. The van der Waals surface area contributed by atoms with E-state index in [1.54, 1.807) is 30.3 Å². The van der Waals surface area contributed by atoms with Crippen molar-refractivity contribution in [2.45, 2.75) is 23.1 Å². The van der Waals surface area contributed by atoms with Crippen LogP contribution in [0.15, 0.2) is 36.4 Å². The molecule has 1 fully saturated rings. The van der Waals surface area contributed by atoms with Gasteiger partial charge >= 0.3 is 0 Å². The molecule has 0 radical (unpaired) electrons. The van der Waals surface area contributed by atoms with Gasteiger partial charge in [0, 0.05) is 28.2 Å². The van der Waals surface area contributed by atoms with Gasteiger partial charge in [0.2, 0.25) is 5.91 Å². The average molecular weight is 552 g/mol. The maximum atomic E-state index is 12.9. The molecule has 3 rings (SSSR count). The summed E-state index contributed by atoms with van der Waals surface area (Å²) >= 11 is 31.2. The lowest BCUT2D eigenvalue weighted by molar-refractivity contribution is -0.117. The van der Waals surface area contributed by atoms with Crippen LogP contribution in [0.2, 0.25) is 15.1 Å². The van der Waals surface area contributed by atoms with Gasteiger partial charge in [-0.1, -0.05) is 34.8 Å².